The molecule has 5 atom stereocenters. The van der Waals surface area contributed by atoms with Crippen LogP contribution in [0, 0.1) is 0 Å². The average Bonchev–Trinajstić information content (AvgIpc) is 3.39. The molecule has 1 fully saturated rings. The predicted octanol–water partition coefficient (Wildman–Crippen LogP) is 4.86. The quantitative estimate of drug-likeness (QED) is 0.243. The lowest BCUT2D eigenvalue weighted by molar-refractivity contribution is -0.305. The SMILES string of the molecule is CCn1nc(-c2ccc(/C=N/O[C@@H]3O[C@@H](C)[C@H](OC)[C@@H](OC)[C@H]3OC)cc2)cc1NC(=O)c1ccc(OC(F)(F)F)cc1. The first-order valence-corrected chi connectivity index (χ1v) is 13.3. The molecule has 1 N–H and O–H groups in total. The molecule has 0 unspecified atom stereocenters. The van der Waals surface area contributed by atoms with Gasteiger partial charge in [0, 0.05) is 45.1 Å². The second kappa shape index (κ2) is 14.0. The highest BCUT2D eigenvalue weighted by Gasteiger charge is 2.47. The van der Waals surface area contributed by atoms with Gasteiger partial charge in [-0.1, -0.05) is 29.4 Å². The van der Waals surface area contributed by atoms with Crippen LogP contribution in [0.3, 0.4) is 0 Å². The number of alkyl halides is 3. The van der Waals surface area contributed by atoms with E-state index >= 15 is 0 Å². The zero-order chi connectivity index (χ0) is 31.1. The summed E-state index contributed by atoms with van der Waals surface area (Å²) in [6.45, 7) is 4.19. The number of oxime groups is 1. The normalized spacial score (nSPS) is 22.5. The second-order valence-corrected chi connectivity index (χ2v) is 9.53. The van der Waals surface area contributed by atoms with Gasteiger partial charge in [0.2, 0.25) is 0 Å². The summed E-state index contributed by atoms with van der Waals surface area (Å²) >= 11 is 0. The number of anilines is 1. The fraction of sp³-hybridized carbons (Fsp3) is 0.414. The Bertz CT molecular complexity index is 1380. The van der Waals surface area contributed by atoms with Gasteiger partial charge in [0.15, 0.2) is 6.10 Å². The zero-order valence-corrected chi connectivity index (χ0v) is 24.2. The van der Waals surface area contributed by atoms with E-state index in [-0.39, 0.29) is 17.8 Å². The summed E-state index contributed by atoms with van der Waals surface area (Å²) in [5.74, 6) is -0.495. The van der Waals surface area contributed by atoms with Crippen LogP contribution in [0.4, 0.5) is 19.0 Å². The van der Waals surface area contributed by atoms with E-state index < -0.39 is 36.5 Å². The third kappa shape index (κ3) is 7.90. The highest BCUT2D eigenvalue weighted by atomic mass is 19.4. The van der Waals surface area contributed by atoms with Crippen LogP contribution in [0.2, 0.25) is 0 Å². The smallest absolute Gasteiger partial charge is 0.406 e. The van der Waals surface area contributed by atoms with E-state index in [1.807, 2.05) is 38.1 Å². The van der Waals surface area contributed by atoms with E-state index in [1.165, 1.54) is 25.5 Å². The van der Waals surface area contributed by atoms with Gasteiger partial charge in [-0.15, -0.1) is 13.2 Å². The summed E-state index contributed by atoms with van der Waals surface area (Å²) in [5, 5.41) is 11.4. The number of benzene rings is 2. The van der Waals surface area contributed by atoms with E-state index in [0.717, 1.165) is 23.3 Å². The van der Waals surface area contributed by atoms with E-state index in [2.05, 4.69) is 20.3 Å². The molecule has 2 aromatic carbocycles. The van der Waals surface area contributed by atoms with Gasteiger partial charge in [-0.05, 0) is 43.7 Å². The lowest BCUT2D eigenvalue weighted by Crippen LogP contribution is -2.59. The Morgan fingerprint density at radius 1 is 1.02 bits per heavy atom. The summed E-state index contributed by atoms with van der Waals surface area (Å²) in [5.41, 5.74) is 2.30. The van der Waals surface area contributed by atoms with Gasteiger partial charge in [0.1, 0.15) is 23.8 Å². The number of methoxy groups -OCH3 is 3. The van der Waals surface area contributed by atoms with Crippen molar-refractivity contribution in [3.05, 3.63) is 65.7 Å². The molecule has 232 valence electrons. The van der Waals surface area contributed by atoms with Crippen LogP contribution in [0.15, 0.2) is 59.8 Å². The average molecular weight is 607 g/mol. The summed E-state index contributed by atoms with van der Waals surface area (Å²) in [4.78, 5) is 18.3. The van der Waals surface area contributed by atoms with Gasteiger partial charge in [0.25, 0.3) is 12.2 Å². The number of aryl methyl sites for hydroxylation is 1. The highest BCUT2D eigenvalue weighted by molar-refractivity contribution is 6.04. The van der Waals surface area contributed by atoms with Crippen LogP contribution in [0.5, 0.6) is 5.75 Å². The number of ether oxygens (including phenoxy) is 5. The number of carbonyl (C=O) groups is 1. The van der Waals surface area contributed by atoms with E-state index in [1.54, 1.807) is 25.0 Å². The van der Waals surface area contributed by atoms with Crippen LogP contribution >= 0.6 is 0 Å². The molecule has 1 saturated heterocycles. The van der Waals surface area contributed by atoms with E-state index in [4.69, 9.17) is 23.8 Å². The van der Waals surface area contributed by atoms with Gasteiger partial charge in [0.05, 0.1) is 18.0 Å². The maximum absolute atomic E-state index is 12.7. The maximum atomic E-state index is 12.7. The number of aromatic nitrogens is 2. The molecule has 0 spiro atoms. The number of nitrogens with zero attached hydrogens (tertiary/aromatic N) is 3. The summed E-state index contributed by atoms with van der Waals surface area (Å²) in [6.07, 6.45) is -5.68. The Hall–Kier alpha value is -3.98. The fourth-order valence-corrected chi connectivity index (χ4v) is 4.69. The topological polar surface area (TPSA) is 115 Å². The number of halogens is 3. The maximum Gasteiger partial charge on any atom is 0.573 e. The summed E-state index contributed by atoms with van der Waals surface area (Å²) in [7, 11) is 4.69. The third-order valence-electron chi connectivity index (χ3n) is 6.79. The standard InChI is InChI=1S/C29H33F3N4O7/c1-6-36-23(34-27(37)20-11-13-21(14-12-20)42-29(30,31)32)15-22(35-36)19-9-7-18(8-10-19)16-33-43-28-26(40-5)25(39-4)24(38-3)17(2)41-28/h7-17,24-26,28H,6H2,1-5H3,(H,34,37)/b33-16+/t17-,24-,25+,26+,28-/m0/s1. The molecule has 0 radical (unpaired) electrons. The molecule has 11 nitrogen and oxygen atoms in total. The van der Waals surface area contributed by atoms with Crippen molar-refractivity contribution in [3.63, 3.8) is 0 Å². The lowest BCUT2D eigenvalue weighted by atomic mass is 9.99. The molecular weight excluding hydrogens is 573 g/mol. The van der Waals surface area contributed by atoms with E-state index in [9.17, 15) is 18.0 Å². The highest BCUT2D eigenvalue weighted by Crippen LogP contribution is 2.28. The number of rotatable bonds is 11. The van der Waals surface area contributed by atoms with Gasteiger partial charge >= 0.3 is 6.36 Å². The van der Waals surface area contributed by atoms with Crippen molar-refractivity contribution >= 4 is 17.9 Å². The Kier molecular flexibility index (Phi) is 10.4. The molecule has 0 bridgehead atoms. The molecule has 4 rings (SSSR count). The van der Waals surface area contributed by atoms with Crippen LogP contribution in [-0.4, -0.2) is 80.3 Å². The largest absolute Gasteiger partial charge is 0.573 e. The van der Waals surface area contributed by atoms with Crippen molar-refractivity contribution in [2.24, 2.45) is 5.16 Å². The van der Waals surface area contributed by atoms with E-state index in [0.29, 0.717) is 18.1 Å². The number of hydrogen-bond acceptors (Lipinski definition) is 9. The zero-order valence-electron chi connectivity index (χ0n) is 24.2. The molecule has 2 heterocycles. The van der Waals surface area contributed by atoms with Gasteiger partial charge < -0.3 is 33.8 Å². The molecular formula is C29H33F3N4O7. The lowest BCUT2D eigenvalue weighted by Gasteiger charge is -2.42. The van der Waals surface area contributed by atoms with Crippen molar-refractivity contribution in [1.29, 1.82) is 0 Å². The number of nitrogens with one attached hydrogen (secondary N) is 1. The van der Waals surface area contributed by atoms with Crippen LogP contribution < -0.4 is 10.1 Å². The van der Waals surface area contributed by atoms with Crippen LogP contribution in [0.1, 0.15) is 29.8 Å². The number of amides is 1. The first kappa shape index (κ1) is 31.9. The monoisotopic (exact) mass is 606 g/mol. The number of hydrogen-bond donors (Lipinski definition) is 1. The van der Waals surface area contributed by atoms with Crippen molar-refractivity contribution in [3.8, 4) is 17.0 Å². The summed E-state index contributed by atoms with van der Waals surface area (Å²) in [6, 6.07) is 13.7. The van der Waals surface area contributed by atoms with Gasteiger partial charge in [-0.3, -0.25) is 4.79 Å². The molecule has 0 aliphatic carbocycles. The van der Waals surface area contributed by atoms with Crippen LogP contribution in [0.25, 0.3) is 11.3 Å². The molecule has 3 aromatic rings. The van der Waals surface area contributed by atoms with Crippen molar-refractivity contribution in [2.45, 2.75) is 57.5 Å². The molecule has 14 heteroatoms. The molecule has 0 saturated carbocycles. The molecule has 1 aliphatic heterocycles. The van der Waals surface area contributed by atoms with Gasteiger partial charge in [-0.2, -0.15) is 5.10 Å². The Morgan fingerprint density at radius 3 is 2.26 bits per heavy atom. The minimum absolute atomic E-state index is 0.159. The Morgan fingerprint density at radius 2 is 1.67 bits per heavy atom. The first-order valence-electron chi connectivity index (χ1n) is 13.3. The summed E-state index contributed by atoms with van der Waals surface area (Å²) < 4.78 is 65.2. The third-order valence-corrected chi connectivity index (χ3v) is 6.79. The predicted molar refractivity (Wildman–Crippen MR) is 150 cm³/mol. The minimum Gasteiger partial charge on any atom is -0.406 e. The van der Waals surface area contributed by atoms with Crippen molar-refractivity contribution in [2.75, 3.05) is 26.6 Å². The Labute approximate surface area is 246 Å². The van der Waals surface area contributed by atoms with Crippen LogP contribution in [-0.2, 0) is 30.3 Å². The van der Waals surface area contributed by atoms with Crippen molar-refractivity contribution < 1.29 is 46.5 Å². The first-order chi connectivity index (χ1) is 20.6. The number of carbonyl (C=O) groups excluding carboxylic acids is 1. The minimum atomic E-state index is -4.81. The van der Waals surface area contributed by atoms with Gasteiger partial charge in [-0.25, -0.2) is 4.68 Å². The van der Waals surface area contributed by atoms with Crippen molar-refractivity contribution in [1.82, 2.24) is 9.78 Å². The second-order valence-electron chi connectivity index (χ2n) is 9.53. The Balaban J connectivity index is 1.40. The molecule has 43 heavy (non-hydrogen) atoms. The molecule has 1 aromatic heterocycles. The fourth-order valence-electron chi connectivity index (χ4n) is 4.69. The molecule has 1 aliphatic rings. The molecule has 1 amide bonds.